The number of hydrogen-bond acceptors (Lipinski definition) is 5. The third-order valence-electron chi connectivity index (χ3n) is 4.31. The zero-order valence-corrected chi connectivity index (χ0v) is 16.7. The highest BCUT2D eigenvalue weighted by molar-refractivity contribution is 7.89. The van der Waals surface area contributed by atoms with E-state index in [-0.39, 0.29) is 11.7 Å². The molecule has 0 aromatic heterocycles. The quantitative estimate of drug-likeness (QED) is 0.522. The highest BCUT2D eigenvalue weighted by Gasteiger charge is 2.26. The Morgan fingerprint density at radius 2 is 1.85 bits per heavy atom. The number of piperazine rings is 1. The minimum atomic E-state index is -3.32. The molecule has 146 valence electrons. The van der Waals surface area contributed by atoms with Gasteiger partial charge in [0, 0.05) is 38.4 Å². The minimum absolute atomic E-state index is 0.0203. The number of benzene rings is 1. The lowest BCUT2D eigenvalue weighted by atomic mass is 10.2. The van der Waals surface area contributed by atoms with Crippen LogP contribution in [0.3, 0.4) is 0 Å². The molecular weight excluding hydrogens is 378 g/mol. The van der Waals surface area contributed by atoms with Gasteiger partial charge in [-0.25, -0.2) is 8.42 Å². The van der Waals surface area contributed by atoms with Gasteiger partial charge in [0.15, 0.2) is 0 Å². The first kappa shape index (κ1) is 20.8. The zero-order chi connectivity index (χ0) is 19.2. The van der Waals surface area contributed by atoms with Gasteiger partial charge in [-0.1, -0.05) is 0 Å². The Labute approximate surface area is 160 Å². The summed E-state index contributed by atoms with van der Waals surface area (Å²) in [4.78, 5) is 13.5. The normalized spacial score (nSPS) is 17.0. The lowest BCUT2D eigenvalue weighted by Crippen LogP contribution is -2.49. The van der Waals surface area contributed by atoms with E-state index >= 15 is 0 Å². The topological polar surface area (TPSA) is 79.0 Å². The molecule has 1 amide bonds. The van der Waals surface area contributed by atoms with Crippen molar-refractivity contribution in [3.63, 3.8) is 0 Å². The number of sulfonamides is 1. The fourth-order valence-electron chi connectivity index (χ4n) is 2.75. The van der Waals surface area contributed by atoms with Gasteiger partial charge in [0.25, 0.3) is 0 Å². The second-order valence-corrected chi connectivity index (χ2v) is 8.90. The van der Waals surface area contributed by atoms with E-state index in [2.05, 4.69) is 10.2 Å². The number of amides is 1. The summed E-state index contributed by atoms with van der Waals surface area (Å²) >= 11 is 5.65. The van der Waals surface area contributed by atoms with Gasteiger partial charge >= 0.3 is 0 Å². The van der Waals surface area contributed by atoms with Crippen LogP contribution in [-0.2, 0) is 14.8 Å². The Kier molecular flexibility index (Phi) is 7.55. The van der Waals surface area contributed by atoms with Crippen LogP contribution in [0.25, 0.3) is 0 Å². The van der Waals surface area contributed by atoms with E-state index in [1.807, 2.05) is 24.3 Å². The van der Waals surface area contributed by atoms with Crippen LogP contribution in [0.5, 0.6) is 5.75 Å². The molecule has 1 aliphatic heterocycles. The molecule has 26 heavy (non-hydrogen) atoms. The van der Waals surface area contributed by atoms with Gasteiger partial charge in [-0.15, -0.1) is 11.6 Å². The van der Waals surface area contributed by atoms with Gasteiger partial charge < -0.3 is 15.0 Å². The van der Waals surface area contributed by atoms with Crippen molar-refractivity contribution in [3.8, 4) is 5.75 Å². The second-order valence-electron chi connectivity index (χ2n) is 6.16. The van der Waals surface area contributed by atoms with E-state index in [1.165, 1.54) is 4.31 Å². The standard InChI is InChI=1S/C17H26ClN3O4S/c1-14(18)17(22)19-8-3-13-26(23,24)21-11-9-20(10-12-21)15-4-6-16(25-2)7-5-15/h4-7,14H,3,8-13H2,1-2H3,(H,19,22). The van der Waals surface area contributed by atoms with Crippen LogP contribution in [-0.4, -0.2) is 69.6 Å². The first-order valence-electron chi connectivity index (χ1n) is 8.62. The zero-order valence-electron chi connectivity index (χ0n) is 15.2. The smallest absolute Gasteiger partial charge is 0.237 e. The van der Waals surface area contributed by atoms with Crippen LogP contribution >= 0.6 is 11.6 Å². The van der Waals surface area contributed by atoms with Crippen LogP contribution in [0, 0.1) is 0 Å². The molecule has 0 aliphatic carbocycles. The van der Waals surface area contributed by atoms with Crippen molar-refractivity contribution in [1.82, 2.24) is 9.62 Å². The lowest BCUT2D eigenvalue weighted by Gasteiger charge is -2.35. The molecule has 1 aromatic rings. The molecule has 1 saturated heterocycles. The first-order valence-corrected chi connectivity index (χ1v) is 10.7. The monoisotopic (exact) mass is 403 g/mol. The Hall–Kier alpha value is -1.51. The molecule has 1 unspecified atom stereocenters. The summed E-state index contributed by atoms with van der Waals surface area (Å²) in [7, 11) is -1.69. The Morgan fingerprint density at radius 3 is 2.38 bits per heavy atom. The lowest BCUT2D eigenvalue weighted by molar-refractivity contribution is -0.120. The van der Waals surface area contributed by atoms with Gasteiger partial charge in [-0.3, -0.25) is 4.79 Å². The third-order valence-corrected chi connectivity index (χ3v) is 6.46. The predicted molar refractivity (Wildman–Crippen MR) is 104 cm³/mol. The fraction of sp³-hybridized carbons (Fsp3) is 0.588. The molecule has 2 rings (SSSR count). The number of methoxy groups -OCH3 is 1. The maximum Gasteiger partial charge on any atom is 0.237 e. The van der Waals surface area contributed by atoms with Gasteiger partial charge in [0.2, 0.25) is 15.9 Å². The van der Waals surface area contributed by atoms with Crippen LogP contribution in [0.4, 0.5) is 5.69 Å². The van der Waals surface area contributed by atoms with Gasteiger partial charge in [-0.05, 0) is 37.6 Å². The summed E-state index contributed by atoms with van der Waals surface area (Å²) < 4.78 is 31.6. The highest BCUT2D eigenvalue weighted by atomic mass is 35.5. The number of halogens is 1. The number of nitrogens with zero attached hydrogens (tertiary/aromatic N) is 2. The number of carbonyl (C=O) groups excluding carboxylic acids is 1. The Morgan fingerprint density at radius 1 is 1.23 bits per heavy atom. The van der Waals surface area contributed by atoms with Crippen LogP contribution in [0.15, 0.2) is 24.3 Å². The van der Waals surface area contributed by atoms with Crippen molar-refractivity contribution in [2.24, 2.45) is 0 Å². The Balaban J connectivity index is 1.79. The molecule has 7 nitrogen and oxygen atoms in total. The van der Waals surface area contributed by atoms with Crippen LogP contribution in [0.2, 0.25) is 0 Å². The van der Waals surface area contributed by atoms with Crippen LogP contribution < -0.4 is 15.0 Å². The van der Waals surface area contributed by atoms with Crippen LogP contribution in [0.1, 0.15) is 13.3 Å². The molecule has 0 spiro atoms. The number of rotatable bonds is 8. The predicted octanol–water partition coefficient (Wildman–Crippen LogP) is 1.28. The molecule has 1 aliphatic rings. The van der Waals surface area contributed by atoms with E-state index in [0.29, 0.717) is 39.1 Å². The van der Waals surface area contributed by atoms with Gasteiger partial charge in [0.1, 0.15) is 11.1 Å². The number of hydrogen-bond donors (Lipinski definition) is 1. The molecule has 1 N–H and O–H groups in total. The molecule has 0 saturated carbocycles. The Bertz CT molecular complexity index is 686. The van der Waals surface area contributed by atoms with Crippen molar-refractivity contribution in [2.75, 3.05) is 50.5 Å². The highest BCUT2D eigenvalue weighted by Crippen LogP contribution is 2.21. The molecule has 0 radical (unpaired) electrons. The summed E-state index contributed by atoms with van der Waals surface area (Å²) in [5.41, 5.74) is 1.06. The number of ether oxygens (including phenoxy) is 1. The first-order chi connectivity index (χ1) is 12.3. The number of alkyl halides is 1. The molecule has 0 bridgehead atoms. The number of nitrogens with one attached hydrogen (secondary N) is 1. The molecule has 1 heterocycles. The maximum atomic E-state index is 12.4. The average molecular weight is 404 g/mol. The van der Waals surface area contributed by atoms with E-state index in [9.17, 15) is 13.2 Å². The number of carbonyl (C=O) groups is 1. The van der Waals surface area contributed by atoms with Crippen molar-refractivity contribution >= 4 is 33.2 Å². The largest absolute Gasteiger partial charge is 0.497 e. The maximum absolute atomic E-state index is 12.4. The SMILES string of the molecule is COc1ccc(N2CCN(S(=O)(=O)CCCNC(=O)C(C)Cl)CC2)cc1. The summed E-state index contributed by atoms with van der Waals surface area (Å²) in [5.74, 6) is 0.537. The van der Waals surface area contributed by atoms with E-state index in [1.54, 1.807) is 14.0 Å². The van der Waals surface area contributed by atoms with E-state index in [4.69, 9.17) is 16.3 Å². The summed E-state index contributed by atoms with van der Waals surface area (Å²) in [6.45, 7) is 4.09. The number of anilines is 1. The van der Waals surface area contributed by atoms with Gasteiger partial charge in [-0.2, -0.15) is 4.31 Å². The van der Waals surface area contributed by atoms with Crippen molar-refractivity contribution < 1.29 is 17.9 Å². The van der Waals surface area contributed by atoms with Crippen molar-refractivity contribution in [1.29, 1.82) is 0 Å². The minimum Gasteiger partial charge on any atom is -0.497 e. The van der Waals surface area contributed by atoms with E-state index < -0.39 is 15.4 Å². The van der Waals surface area contributed by atoms with Crippen molar-refractivity contribution in [2.45, 2.75) is 18.7 Å². The van der Waals surface area contributed by atoms with E-state index in [0.717, 1.165) is 11.4 Å². The summed E-state index contributed by atoms with van der Waals surface area (Å²) in [6.07, 6.45) is 0.371. The molecule has 9 heteroatoms. The molecule has 1 atom stereocenters. The average Bonchev–Trinajstić information content (AvgIpc) is 2.65. The molecule has 1 aromatic carbocycles. The molecular formula is C17H26ClN3O4S. The second kappa shape index (κ2) is 9.43. The summed E-state index contributed by atoms with van der Waals surface area (Å²) in [6, 6.07) is 7.75. The fourth-order valence-corrected chi connectivity index (χ4v) is 4.32. The van der Waals surface area contributed by atoms with Gasteiger partial charge in [0.05, 0.1) is 12.9 Å². The van der Waals surface area contributed by atoms with Crippen molar-refractivity contribution in [3.05, 3.63) is 24.3 Å². The summed E-state index contributed by atoms with van der Waals surface area (Å²) in [5, 5.41) is 2.01. The third kappa shape index (κ3) is 5.75. The molecule has 1 fully saturated rings.